The highest BCUT2D eigenvalue weighted by molar-refractivity contribution is 5.43. The highest BCUT2D eigenvalue weighted by Crippen LogP contribution is 2.23. The molecule has 0 spiro atoms. The molecule has 0 aliphatic rings. The summed E-state index contributed by atoms with van der Waals surface area (Å²) < 4.78 is 25.9. The molecule has 13 heavy (non-hydrogen) atoms. The number of halogens is 2. The molecule has 0 saturated carbocycles. The van der Waals surface area contributed by atoms with Crippen LogP contribution in [0, 0.1) is 27.9 Å². The van der Waals surface area contributed by atoms with Crippen LogP contribution in [-0.2, 0) is 6.42 Å². The summed E-state index contributed by atoms with van der Waals surface area (Å²) in [5.41, 5.74) is -0.897. The smallest absolute Gasteiger partial charge is 0.159 e. The Hall–Kier alpha value is -1.83. The summed E-state index contributed by atoms with van der Waals surface area (Å²) in [7, 11) is 0. The minimum absolute atomic E-state index is 0.416. The first kappa shape index (κ1) is 9.26. The van der Waals surface area contributed by atoms with E-state index in [0.29, 0.717) is 0 Å². The lowest BCUT2D eigenvalue weighted by atomic mass is 10.1. The van der Waals surface area contributed by atoms with Crippen LogP contribution in [0.25, 0.3) is 0 Å². The summed E-state index contributed by atoms with van der Waals surface area (Å²) in [4.78, 5) is 10.00. The maximum absolute atomic E-state index is 13.0. The Balaban J connectivity index is 3.31. The maximum atomic E-state index is 13.0. The molecule has 3 nitrogen and oxygen atoms in total. The molecule has 66 valence electrons. The summed E-state index contributed by atoms with van der Waals surface area (Å²) in [6.07, 6.45) is -0.416. The predicted octanol–water partition coefficient (Wildman–Crippen LogP) is 2.43. The average Bonchev–Trinajstić information content (AvgIpc) is 2.12. The molecule has 0 N–H and O–H groups in total. The predicted molar refractivity (Wildman–Crippen MR) is 41.1 cm³/mol. The number of rotatable bonds is 2. The van der Waals surface area contributed by atoms with Crippen LogP contribution in [0.3, 0.4) is 0 Å². The Morgan fingerprint density at radius 3 is 2.69 bits per heavy atom. The molecular weight excluding hydrogens is 178 g/mol. The number of benzene rings is 1. The number of nitriles is 1. The van der Waals surface area contributed by atoms with Crippen LogP contribution in [0.4, 0.5) is 14.5 Å². The van der Waals surface area contributed by atoms with E-state index in [2.05, 4.69) is 5.18 Å². The van der Waals surface area contributed by atoms with Crippen molar-refractivity contribution in [3.05, 3.63) is 34.2 Å². The summed E-state index contributed by atoms with van der Waals surface area (Å²) in [5.74, 6) is -1.90. The van der Waals surface area contributed by atoms with Crippen molar-refractivity contribution < 1.29 is 8.78 Å². The third-order valence-electron chi connectivity index (χ3n) is 1.52. The molecule has 0 fully saturated rings. The third-order valence-corrected chi connectivity index (χ3v) is 1.52. The van der Waals surface area contributed by atoms with Crippen molar-refractivity contribution in [2.45, 2.75) is 6.42 Å². The summed E-state index contributed by atoms with van der Waals surface area (Å²) in [6, 6.07) is 3.43. The van der Waals surface area contributed by atoms with Gasteiger partial charge in [0.2, 0.25) is 0 Å². The van der Waals surface area contributed by atoms with Gasteiger partial charge in [0, 0.05) is 5.56 Å². The lowest BCUT2D eigenvalue weighted by Gasteiger charge is -2.00. The Labute approximate surface area is 72.6 Å². The van der Waals surface area contributed by atoms with E-state index in [1.807, 2.05) is 0 Å². The van der Waals surface area contributed by atoms with Crippen molar-refractivity contribution in [1.29, 1.82) is 5.26 Å². The molecule has 1 aromatic rings. The van der Waals surface area contributed by atoms with E-state index < -0.39 is 29.3 Å². The van der Waals surface area contributed by atoms with Crippen LogP contribution in [0.5, 0.6) is 0 Å². The van der Waals surface area contributed by atoms with Crippen molar-refractivity contribution >= 4 is 5.69 Å². The topological polar surface area (TPSA) is 53.2 Å². The minimum atomic E-state index is -1.06. The quantitative estimate of drug-likeness (QED) is 0.659. The van der Waals surface area contributed by atoms with Crippen molar-refractivity contribution in [1.82, 2.24) is 0 Å². The second-order valence-corrected chi connectivity index (χ2v) is 2.29. The molecule has 0 aliphatic heterocycles. The van der Waals surface area contributed by atoms with Gasteiger partial charge >= 0.3 is 0 Å². The molecule has 0 atom stereocenters. The van der Waals surface area contributed by atoms with Crippen LogP contribution in [0.2, 0.25) is 0 Å². The molecule has 0 aliphatic carbocycles. The van der Waals surface area contributed by atoms with Gasteiger partial charge in [0.25, 0.3) is 0 Å². The summed E-state index contributed by atoms with van der Waals surface area (Å²) >= 11 is 0. The van der Waals surface area contributed by atoms with Crippen LogP contribution in [0.15, 0.2) is 17.3 Å². The molecular formula is C8H4F2N2O. The first-order valence-corrected chi connectivity index (χ1v) is 3.38. The lowest BCUT2D eigenvalue weighted by molar-refractivity contribution is 0.564. The molecule has 0 aromatic heterocycles. The number of nitrogens with zero attached hydrogens (tertiary/aromatic N) is 2. The van der Waals surface area contributed by atoms with Crippen molar-refractivity contribution in [2.75, 3.05) is 0 Å². The highest BCUT2D eigenvalue weighted by Gasteiger charge is 2.13. The fourth-order valence-electron chi connectivity index (χ4n) is 0.897. The van der Waals surface area contributed by atoms with Gasteiger partial charge in [0.15, 0.2) is 5.82 Å². The molecule has 1 aromatic carbocycles. The van der Waals surface area contributed by atoms with Crippen LogP contribution < -0.4 is 0 Å². The van der Waals surface area contributed by atoms with Gasteiger partial charge in [-0.15, -0.1) is 4.91 Å². The first-order chi connectivity index (χ1) is 6.20. The molecule has 1 rings (SSSR count). The minimum Gasteiger partial charge on any atom is -0.207 e. The van der Waals surface area contributed by atoms with E-state index in [0.717, 1.165) is 12.1 Å². The standard InChI is InChI=1S/C8H4F2N2O/c9-6-1-2-7(12-13)8(10)5(6)3-4-11/h1-2H,3H2. The van der Waals surface area contributed by atoms with E-state index in [1.165, 1.54) is 0 Å². The summed E-state index contributed by atoms with van der Waals surface area (Å²) in [5, 5.41) is 10.6. The molecule has 5 heteroatoms. The van der Waals surface area contributed by atoms with Crippen LogP contribution in [-0.4, -0.2) is 0 Å². The molecule has 0 amide bonds. The fourth-order valence-corrected chi connectivity index (χ4v) is 0.897. The highest BCUT2D eigenvalue weighted by atomic mass is 19.1. The SMILES string of the molecule is N#CCc1c(F)ccc(N=O)c1F. The number of hydrogen-bond donors (Lipinski definition) is 0. The van der Waals surface area contributed by atoms with E-state index in [9.17, 15) is 13.7 Å². The van der Waals surface area contributed by atoms with Gasteiger partial charge in [-0.05, 0) is 17.3 Å². The monoisotopic (exact) mass is 182 g/mol. The van der Waals surface area contributed by atoms with E-state index in [4.69, 9.17) is 5.26 Å². The molecule has 0 unspecified atom stereocenters. The zero-order chi connectivity index (χ0) is 9.84. The molecule has 0 bridgehead atoms. The largest absolute Gasteiger partial charge is 0.207 e. The van der Waals surface area contributed by atoms with Crippen molar-refractivity contribution in [2.24, 2.45) is 5.18 Å². The van der Waals surface area contributed by atoms with Crippen molar-refractivity contribution in [3.63, 3.8) is 0 Å². The Bertz CT molecular complexity index is 384. The fraction of sp³-hybridized carbons (Fsp3) is 0.125. The lowest BCUT2D eigenvalue weighted by Crippen LogP contribution is -1.94. The molecule has 0 saturated heterocycles. The van der Waals surface area contributed by atoms with Gasteiger partial charge in [-0.3, -0.25) is 0 Å². The van der Waals surface area contributed by atoms with E-state index in [1.54, 1.807) is 6.07 Å². The number of hydrogen-bond acceptors (Lipinski definition) is 3. The third kappa shape index (κ3) is 1.67. The maximum Gasteiger partial charge on any atom is 0.159 e. The Kier molecular flexibility index (Phi) is 2.65. The zero-order valence-corrected chi connectivity index (χ0v) is 6.42. The first-order valence-electron chi connectivity index (χ1n) is 3.38. The molecule has 0 heterocycles. The van der Waals surface area contributed by atoms with Crippen LogP contribution >= 0.6 is 0 Å². The van der Waals surface area contributed by atoms with Gasteiger partial charge in [-0.1, -0.05) is 0 Å². The van der Waals surface area contributed by atoms with E-state index in [-0.39, 0.29) is 0 Å². The van der Waals surface area contributed by atoms with Crippen LogP contribution in [0.1, 0.15) is 5.56 Å². The second-order valence-electron chi connectivity index (χ2n) is 2.29. The normalized spacial score (nSPS) is 9.31. The second kappa shape index (κ2) is 3.72. The van der Waals surface area contributed by atoms with Crippen molar-refractivity contribution in [3.8, 4) is 6.07 Å². The average molecular weight is 182 g/mol. The van der Waals surface area contributed by atoms with Gasteiger partial charge in [0.1, 0.15) is 11.5 Å². The Morgan fingerprint density at radius 2 is 2.15 bits per heavy atom. The van der Waals surface area contributed by atoms with Gasteiger partial charge in [-0.25, -0.2) is 8.78 Å². The Morgan fingerprint density at radius 1 is 1.46 bits per heavy atom. The number of nitroso groups, excluding NO2 is 1. The summed E-state index contributed by atoms with van der Waals surface area (Å²) in [6.45, 7) is 0. The zero-order valence-electron chi connectivity index (χ0n) is 6.42. The van der Waals surface area contributed by atoms with Gasteiger partial charge in [0.05, 0.1) is 12.5 Å². The molecule has 0 radical (unpaired) electrons. The van der Waals surface area contributed by atoms with E-state index >= 15 is 0 Å². The van der Waals surface area contributed by atoms with Gasteiger partial charge in [-0.2, -0.15) is 5.26 Å². The van der Waals surface area contributed by atoms with Gasteiger partial charge < -0.3 is 0 Å².